The molecule has 0 bridgehead atoms. The maximum Gasteiger partial charge on any atom is 0.266 e. The van der Waals surface area contributed by atoms with Crippen LogP contribution in [0.5, 0.6) is 0 Å². The topological polar surface area (TPSA) is 50.3 Å². The van der Waals surface area contributed by atoms with E-state index in [2.05, 4.69) is 36.2 Å². The summed E-state index contributed by atoms with van der Waals surface area (Å²) in [7, 11) is 0. The Balaban J connectivity index is 1.41. The number of thioether (sulfide) groups is 1. The summed E-state index contributed by atoms with van der Waals surface area (Å²) in [6.45, 7) is 2.08. The van der Waals surface area contributed by atoms with Gasteiger partial charge in [-0.1, -0.05) is 53.7 Å². The van der Waals surface area contributed by atoms with Gasteiger partial charge >= 0.3 is 0 Å². The smallest absolute Gasteiger partial charge is 0.266 e. The van der Waals surface area contributed by atoms with E-state index in [1.54, 1.807) is 53.4 Å². The van der Waals surface area contributed by atoms with Gasteiger partial charge in [0.25, 0.3) is 11.8 Å². The summed E-state index contributed by atoms with van der Waals surface area (Å²) >= 11 is 3.28. The van der Waals surface area contributed by atoms with Crippen LogP contribution in [-0.4, -0.2) is 16.8 Å². The Morgan fingerprint density at radius 3 is 2.31 bits per heavy atom. The molecule has 142 valence electrons. The molecule has 0 fully saturated rings. The summed E-state index contributed by atoms with van der Waals surface area (Å²) in [4.78, 5) is 31.4. The molecule has 5 rings (SSSR count). The van der Waals surface area contributed by atoms with E-state index in [-0.39, 0.29) is 11.8 Å². The van der Waals surface area contributed by atoms with Crippen molar-refractivity contribution in [2.24, 2.45) is 0 Å². The normalized spacial score (nSPS) is 13.3. The number of hydrogen-bond donors (Lipinski definition) is 0. The summed E-state index contributed by atoms with van der Waals surface area (Å²) < 4.78 is 1.94. The Bertz CT molecular complexity index is 1230. The highest BCUT2D eigenvalue weighted by Gasteiger charge is 2.36. The third-order valence-electron chi connectivity index (χ3n) is 4.89. The molecule has 0 saturated heterocycles. The molecule has 4 aromatic rings. The minimum Gasteiger partial charge on any atom is -0.268 e. The molecule has 3 aromatic carbocycles. The number of anilines is 1. The molecule has 4 nitrogen and oxygen atoms in total. The second-order valence-corrected chi connectivity index (χ2v) is 9.15. The van der Waals surface area contributed by atoms with Gasteiger partial charge in [-0.15, -0.1) is 11.3 Å². The van der Waals surface area contributed by atoms with Gasteiger partial charge < -0.3 is 0 Å². The number of carbonyl (C=O) groups excluding carboxylic acids is 2. The summed E-state index contributed by atoms with van der Waals surface area (Å²) in [5.41, 5.74) is 4.88. The van der Waals surface area contributed by atoms with E-state index in [0.717, 1.165) is 20.3 Å². The first kappa shape index (κ1) is 18.1. The molecule has 6 heteroatoms. The van der Waals surface area contributed by atoms with Crippen LogP contribution in [0.4, 0.5) is 5.69 Å². The van der Waals surface area contributed by atoms with Crippen molar-refractivity contribution in [2.45, 2.75) is 17.0 Å². The predicted molar refractivity (Wildman–Crippen MR) is 118 cm³/mol. The fraction of sp³-hybridized carbons (Fsp3) is 0.0870. The SMILES string of the molecule is Cc1ccc(CSc2nc3ccc(N4C(=O)c5ccccc5C4=O)cc3s2)cc1. The van der Waals surface area contributed by atoms with Gasteiger partial charge in [-0.3, -0.25) is 9.59 Å². The Morgan fingerprint density at radius 1 is 0.931 bits per heavy atom. The fourth-order valence-electron chi connectivity index (χ4n) is 3.35. The number of benzene rings is 3. The van der Waals surface area contributed by atoms with Crippen LogP contribution in [0.3, 0.4) is 0 Å². The first-order valence-electron chi connectivity index (χ1n) is 9.17. The Labute approximate surface area is 176 Å². The number of thiazole rings is 1. The van der Waals surface area contributed by atoms with Crippen molar-refractivity contribution >= 4 is 50.8 Å². The Morgan fingerprint density at radius 2 is 1.62 bits per heavy atom. The van der Waals surface area contributed by atoms with Gasteiger partial charge in [-0.2, -0.15) is 0 Å². The van der Waals surface area contributed by atoms with Crippen molar-refractivity contribution in [1.29, 1.82) is 0 Å². The van der Waals surface area contributed by atoms with Crippen LogP contribution in [0.25, 0.3) is 10.2 Å². The quantitative estimate of drug-likeness (QED) is 0.316. The molecular weight excluding hydrogens is 400 g/mol. The minimum absolute atomic E-state index is 0.275. The lowest BCUT2D eigenvalue weighted by molar-refractivity contribution is 0.0926. The molecule has 2 amide bonds. The zero-order valence-corrected chi connectivity index (χ0v) is 17.2. The minimum atomic E-state index is -0.275. The maximum atomic E-state index is 12.7. The number of hydrogen-bond acceptors (Lipinski definition) is 5. The first-order chi connectivity index (χ1) is 14.1. The van der Waals surface area contributed by atoms with Crippen molar-refractivity contribution in [1.82, 2.24) is 4.98 Å². The molecule has 1 aliphatic heterocycles. The van der Waals surface area contributed by atoms with E-state index in [0.29, 0.717) is 16.8 Å². The summed E-state index contributed by atoms with van der Waals surface area (Å²) in [6, 6.07) is 21.0. The van der Waals surface area contributed by atoms with Gasteiger partial charge in [0, 0.05) is 5.75 Å². The van der Waals surface area contributed by atoms with Gasteiger partial charge in [0.2, 0.25) is 0 Å². The van der Waals surface area contributed by atoms with Crippen LogP contribution in [0.2, 0.25) is 0 Å². The lowest BCUT2D eigenvalue weighted by atomic mass is 10.1. The highest BCUT2D eigenvalue weighted by molar-refractivity contribution is 8.00. The number of aryl methyl sites for hydroxylation is 1. The second-order valence-electron chi connectivity index (χ2n) is 6.90. The molecule has 0 radical (unpaired) electrons. The van der Waals surface area contributed by atoms with Gasteiger partial charge in [0.05, 0.1) is 27.0 Å². The van der Waals surface area contributed by atoms with E-state index >= 15 is 0 Å². The molecule has 0 atom stereocenters. The van der Waals surface area contributed by atoms with E-state index in [9.17, 15) is 9.59 Å². The predicted octanol–water partition coefficient (Wildman–Crippen LogP) is 5.70. The average Bonchev–Trinajstić information content (AvgIpc) is 3.26. The van der Waals surface area contributed by atoms with Crippen molar-refractivity contribution in [3.63, 3.8) is 0 Å². The van der Waals surface area contributed by atoms with Crippen LogP contribution >= 0.6 is 23.1 Å². The van der Waals surface area contributed by atoms with Gasteiger partial charge in [0.1, 0.15) is 0 Å². The second kappa shape index (κ2) is 7.13. The molecule has 0 saturated carbocycles. The fourth-order valence-corrected chi connectivity index (χ4v) is 5.40. The van der Waals surface area contributed by atoms with Crippen LogP contribution < -0.4 is 4.90 Å². The molecule has 1 aromatic heterocycles. The number of fused-ring (bicyclic) bond motifs is 2. The molecule has 29 heavy (non-hydrogen) atoms. The summed E-state index contributed by atoms with van der Waals surface area (Å²) in [6.07, 6.45) is 0. The van der Waals surface area contributed by atoms with Crippen molar-refractivity contribution in [2.75, 3.05) is 4.90 Å². The Hall–Kier alpha value is -2.96. The van der Waals surface area contributed by atoms with Crippen LogP contribution in [0, 0.1) is 6.92 Å². The van der Waals surface area contributed by atoms with Gasteiger partial charge in [-0.05, 0) is 42.8 Å². The number of nitrogens with zero attached hydrogens (tertiary/aromatic N) is 2. The number of amides is 2. The monoisotopic (exact) mass is 416 g/mol. The van der Waals surface area contributed by atoms with Crippen LogP contribution in [0.15, 0.2) is 71.1 Å². The van der Waals surface area contributed by atoms with Gasteiger partial charge in [-0.25, -0.2) is 9.88 Å². The average molecular weight is 417 g/mol. The van der Waals surface area contributed by atoms with Crippen molar-refractivity contribution in [3.8, 4) is 0 Å². The highest BCUT2D eigenvalue weighted by atomic mass is 32.2. The highest BCUT2D eigenvalue weighted by Crippen LogP contribution is 2.35. The molecule has 0 unspecified atom stereocenters. The molecule has 0 aliphatic carbocycles. The van der Waals surface area contributed by atoms with E-state index in [1.165, 1.54) is 16.0 Å². The van der Waals surface area contributed by atoms with E-state index < -0.39 is 0 Å². The number of imide groups is 1. The standard InChI is InChI=1S/C23H16N2O2S2/c1-14-6-8-15(9-7-14)13-28-23-24-19-11-10-16(12-20(19)29-23)25-21(26)17-4-2-3-5-18(17)22(25)27/h2-12H,13H2,1H3. The summed E-state index contributed by atoms with van der Waals surface area (Å²) in [5, 5.41) is 0. The van der Waals surface area contributed by atoms with Crippen LogP contribution in [0.1, 0.15) is 31.8 Å². The number of rotatable bonds is 4. The zero-order valence-electron chi connectivity index (χ0n) is 15.6. The van der Waals surface area contributed by atoms with Crippen molar-refractivity contribution < 1.29 is 9.59 Å². The largest absolute Gasteiger partial charge is 0.268 e. The lowest BCUT2D eigenvalue weighted by Gasteiger charge is -2.13. The third kappa shape index (κ3) is 3.24. The maximum absolute atomic E-state index is 12.7. The van der Waals surface area contributed by atoms with Gasteiger partial charge in [0.15, 0.2) is 4.34 Å². The first-order valence-corrected chi connectivity index (χ1v) is 11.0. The van der Waals surface area contributed by atoms with Crippen molar-refractivity contribution in [3.05, 3.63) is 89.0 Å². The van der Waals surface area contributed by atoms with Crippen LogP contribution in [-0.2, 0) is 5.75 Å². The molecular formula is C23H16N2O2S2. The molecule has 0 N–H and O–H groups in total. The molecule has 2 heterocycles. The summed E-state index contributed by atoms with van der Waals surface area (Å²) in [5.74, 6) is 0.303. The number of aromatic nitrogens is 1. The zero-order chi connectivity index (χ0) is 20.0. The van der Waals surface area contributed by atoms with E-state index in [1.807, 2.05) is 12.1 Å². The molecule has 1 aliphatic rings. The third-order valence-corrected chi connectivity index (χ3v) is 7.12. The lowest BCUT2D eigenvalue weighted by Crippen LogP contribution is -2.29. The van der Waals surface area contributed by atoms with E-state index in [4.69, 9.17) is 0 Å². The molecule has 0 spiro atoms. The number of carbonyl (C=O) groups is 2. The Kier molecular flexibility index (Phi) is 4.45.